The van der Waals surface area contributed by atoms with Gasteiger partial charge < -0.3 is 15.0 Å². The first-order valence-electron chi connectivity index (χ1n) is 6.55. The second kappa shape index (κ2) is 5.27. The minimum Gasteiger partial charge on any atom is -0.493 e. The molecule has 1 aromatic carbocycles. The third-order valence-corrected chi connectivity index (χ3v) is 3.64. The fourth-order valence-electron chi connectivity index (χ4n) is 2.56. The highest BCUT2D eigenvalue weighted by molar-refractivity contribution is 6.30. The molecule has 0 saturated carbocycles. The van der Waals surface area contributed by atoms with E-state index in [1.807, 2.05) is 12.1 Å². The van der Waals surface area contributed by atoms with E-state index < -0.39 is 0 Å². The van der Waals surface area contributed by atoms with Gasteiger partial charge in [0.25, 0.3) is 0 Å². The standard InChI is InChI=1S/C15H17ClN2O/c16-14-7-12-3-6-19-15(12)13(8-14)10-18-5-2-11(9-18)1-4-17/h2,5,7-9H,1,3-4,6,10,17H2. The van der Waals surface area contributed by atoms with Crippen LogP contribution in [0.5, 0.6) is 5.75 Å². The molecule has 0 saturated heterocycles. The van der Waals surface area contributed by atoms with Crippen molar-refractivity contribution >= 4 is 11.6 Å². The van der Waals surface area contributed by atoms with Gasteiger partial charge in [0.1, 0.15) is 5.75 Å². The first-order valence-corrected chi connectivity index (χ1v) is 6.93. The zero-order valence-corrected chi connectivity index (χ0v) is 11.5. The minimum atomic E-state index is 0.680. The summed E-state index contributed by atoms with van der Waals surface area (Å²) in [6.45, 7) is 2.22. The molecule has 1 aliphatic rings. The Morgan fingerprint density at radius 3 is 3.11 bits per heavy atom. The molecule has 2 N–H and O–H groups in total. The van der Waals surface area contributed by atoms with E-state index in [-0.39, 0.29) is 0 Å². The SMILES string of the molecule is NCCc1ccn(Cc2cc(Cl)cc3c2OCC3)c1. The minimum absolute atomic E-state index is 0.680. The maximum atomic E-state index is 6.17. The largest absolute Gasteiger partial charge is 0.493 e. The Kier molecular flexibility index (Phi) is 3.49. The lowest BCUT2D eigenvalue weighted by Crippen LogP contribution is -2.02. The zero-order valence-electron chi connectivity index (χ0n) is 10.7. The summed E-state index contributed by atoms with van der Waals surface area (Å²) in [5.41, 5.74) is 9.20. The summed E-state index contributed by atoms with van der Waals surface area (Å²) < 4.78 is 7.87. The van der Waals surface area contributed by atoms with Gasteiger partial charge in [0.05, 0.1) is 13.2 Å². The molecule has 3 nitrogen and oxygen atoms in total. The van der Waals surface area contributed by atoms with Crippen molar-refractivity contribution in [3.63, 3.8) is 0 Å². The lowest BCUT2D eigenvalue weighted by Gasteiger charge is -2.10. The van der Waals surface area contributed by atoms with Gasteiger partial charge in [-0.05, 0) is 42.3 Å². The van der Waals surface area contributed by atoms with Crippen LogP contribution in [0.1, 0.15) is 16.7 Å². The Morgan fingerprint density at radius 1 is 1.37 bits per heavy atom. The molecule has 0 unspecified atom stereocenters. The molecule has 2 aromatic rings. The van der Waals surface area contributed by atoms with Gasteiger partial charge in [0.2, 0.25) is 0 Å². The molecule has 0 spiro atoms. The molecule has 0 fully saturated rings. The van der Waals surface area contributed by atoms with Gasteiger partial charge in [-0.3, -0.25) is 0 Å². The summed E-state index contributed by atoms with van der Waals surface area (Å²) in [5, 5.41) is 0.786. The summed E-state index contributed by atoms with van der Waals surface area (Å²) in [7, 11) is 0. The molecule has 1 aliphatic heterocycles. The van der Waals surface area contributed by atoms with Gasteiger partial charge in [-0.15, -0.1) is 0 Å². The highest BCUT2D eigenvalue weighted by Crippen LogP contribution is 2.33. The number of aromatic nitrogens is 1. The number of rotatable bonds is 4. The number of nitrogens with two attached hydrogens (primary N) is 1. The Labute approximate surface area is 117 Å². The van der Waals surface area contributed by atoms with Crippen LogP contribution < -0.4 is 10.5 Å². The number of halogens is 1. The number of hydrogen-bond acceptors (Lipinski definition) is 2. The van der Waals surface area contributed by atoms with Crippen molar-refractivity contribution in [2.75, 3.05) is 13.2 Å². The van der Waals surface area contributed by atoms with Crippen molar-refractivity contribution in [2.24, 2.45) is 5.73 Å². The van der Waals surface area contributed by atoms with Gasteiger partial charge in [0.15, 0.2) is 0 Å². The molecule has 2 heterocycles. The van der Waals surface area contributed by atoms with Gasteiger partial charge in [-0.1, -0.05) is 11.6 Å². The molecular formula is C15H17ClN2O. The van der Waals surface area contributed by atoms with Crippen LogP contribution in [0.2, 0.25) is 5.02 Å². The Bertz CT molecular complexity index is 592. The molecule has 0 amide bonds. The van der Waals surface area contributed by atoms with E-state index in [1.54, 1.807) is 0 Å². The van der Waals surface area contributed by atoms with Gasteiger partial charge in [-0.25, -0.2) is 0 Å². The summed E-state index contributed by atoms with van der Waals surface area (Å²) in [4.78, 5) is 0. The summed E-state index contributed by atoms with van der Waals surface area (Å²) in [6, 6.07) is 6.11. The number of hydrogen-bond donors (Lipinski definition) is 1. The molecule has 0 aliphatic carbocycles. The molecule has 4 heteroatoms. The third kappa shape index (κ3) is 2.62. The molecule has 1 aromatic heterocycles. The second-order valence-electron chi connectivity index (χ2n) is 4.88. The van der Waals surface area contributed by atoms with Crippen LogP contribution in [-0.2, 0) is 19.4 Å². The van der Waals surface area contributed by atoms with E-state index in [1.165, 1.54) is 11.1 Å². The normalized spacial score (nSPS) is 13.4. The average molecular weight is 277 g/mol. The highest BCUT2D eigenvalue weighted by Gasteiger charge is 2.17. The van der Waals surface area contributed by atoms with Crippen LogP contribution in [0.15, 0.2) is 30.6 Å². The Balaban J connectivity index is 1.86. The van der Waals surface area contributed by atoms with E-state index in [0.29, 0.717) is 6.54 Å². The zero-order chi connectivity index (χ0) is 13.2. The van der Waals surface area contributed by atoms with Crippen molar-refractivity contribution in [1.82, 2.24) is 4.57 Å². The summed E-state index contributed by atoms with van der Waals surface area (Å²) >= 11 is 6.17. The maximum Gasteiger partial charge on any atom is 0.127 e. The number of ether oxygens (including phenoxy) is 1. The second-order valence-corrected chi connectivity index (χ2v) is 5.32. The van der Waals surface area contributed by atoms with Crippen molar-refractivity contribution in [2.45, 2.75) is 19.4 Å². The topological polar surface area (TPSA) is 40.2 Å². The van der Waals surface area contributed by atoms with Crippen molar-refractivity contribution in [1.29, 1.82) is 0 Å². The molecular weight excluding hydrogens is 260 g/mol. The van der Waals surface area contributed by atoms with Gasteiger partial charge in [-0.2, -0.15) is 0 Å². The van der Waals surface area contributed by atoms with E-state index in [0.717, 1.165) is 42.3 Å². The first kappa shape index (κ1) is 12.6. The van der Waals surface area contributed by atoms with E-state index >= 15 is 0 Å². The molecule has 19 heavy (non-hydrogen) atoms. The van der Waals surface area contributed by atoms with Crippen LogP contribution in [0.4, 0.5) is 0 Å². The van der Waals surface area contributed by atoms with E-state index in [4.69, 9.17) is 22.1 Å². The van der Waals surface area contributed by atoms with E-state index in [9.17, 15) is 0 Å². The van der Waals surface area contributed by atoms with Crippen molar-refractivity contribution in [3.8, 4) is 5.75 Å². The molecule has 0 bridgehead atoms. The van der Waals surface area contributed by atoms with Gasteiger partial charge >= 0.3 is 0 Å². The molecule has 0 radical (unpaired) electrons. The molecule has 3 rings (SSSR count). The van der Waals surface area contributed by atoms with Crippen molar-refractivity contribution < 1.29 is 4.74 Å². The quantitative estimate of drug-likeness (QED) is 0.933. The Morgan fingerprint density at radius 2 is 2.26 bits per heavy atom. The fraction of sp³-hybridized carbons (Fsp3) is 0.333. The Hall–Kier alpha value is -1.45. The average Bonchev–Trinajstić information content (AvgIpc) is 2.98. The predicted octanol–water partition coefficient (Wildman–Crippen LogP) is 2.63. The maximum absolute atomic E-state index is 6.17. The number of fused-ring (bicyclic) bond motifs is 1. The summed E-state index contributed by atoms with van der Waals surface area (Å²) in [6.07, 6.45) is 6.08. The first-order chi connectivity index (χ1) is 9.26. The molecule has 0 atom stereocenters. The number of nitrogens with zero attached hydrogens (tertiary/aromatic N) is 1. The smallest absolute Gasteiger partial charge is 0.127 e. The predicted molar refractivity (Wildman–Crippen MR) is 76.9 cm³/mol. The lowest BCUT2D eigenvalue weighted by atomic mass is 10.1. The van der Waals surface area contributed by atoms with Crippen LogP contribution >= 0.6 is 11.6 Å². The van der Waals surface area contributed by atoms with E-state index in [2.05, 4.69) is 23.0 Å². The van der Waals surface area contributed by atoms with Crippen molar-refractivity contribution in [3.05, 3.63) is 52.3 Å². The lowest BCUT2D eigenvalue weighted by molar-refractivity contribution is 0.352. The highest BCUT2D eigenvalue weighted by atomic mass is 35.5. The van der Waals surface area contributed by atoms with Crippen LogP contribution in [0, 0.1) is 0 Å². The van der Waals surface area contributed by atoms with Crippen LogP contribution in [0.25, 0.3) is 0 Å². The van der Waals surface area contributed by atoms with Crippen LogP contribution in [0.3, 0.4) is 0 Å². The third-order valence-electron chi connectivity index (χ3n) is 3.42. The monoisotopic (exact) mass is 276 g/mol. The van der Waals surface area contributed by atoms with Crippen LogP contribution in [-0.4, -0.2) is 17.7 Å². The number of benzene rings is 1. The fourth-order valence-corrected chi connectivity index (χ4v) is 2.83. The molecule has 100 valence electrons. The van der Waals surface area contributed by atoms with Gasteiger partial charge in [0, 0.05) is 29.4 Å². The summed E-state index contributed by atoms with van der Waals surface area (Å²) in [5.74, 6) is 1.01.